The van der Waals surface area contributed by atoms with Crippen LogP contribution in [0.4, 0.5) is 0 Å². The monoisotopic (exact) mass is 322 g/mol. The highest BCUT2D eigenvalue weighted by Gasteiger charge is 2.13. The molecule has 0 spiro atoms. The minimum Gasteiger partial charge on any atom is -0.293 e. The number of carbonyl (C=O) groups excluding carboxylic acids is 1. The Bertz CT molecular complexity index is 940. The Kier molecular flexibility index (Phi) is 2.54. The topological polar surface area (TPSA) is 17.1 Å². The highest BCUT2D eigenvalue weighted by atomic mass is 79.9. The quantitative estimate of drug-likeness (QED) is 0.283. The van der Waals surface area contributed by atoms with E-state index in [4.69, 9.17) is 0 Å². The second kappa shape index (κ2) is 4.29. The molecule has 4 aromatic rings. The standard InChI is InChI=1S/C18H11BrO/c19-10-16(20)14-8-6-13-5-4-11-2-1-3-12-7-9-15(14)18(13)17(11)12/h1-9H,10H2. The summed E-state index contributed by atoms with van der Waals surface area (Å²) in [6.45, 7) is 0. The molecule has 0 aliphatic heterocycles. The zero-order valence-corrected chi connectivity index (χ0v) is 12.3. The van der Waals surface area contributed by atoms with Gasteiger partial charge in [0.25, 0.3) is 0 Å². The summed E-state index contributed by atoms with van der Waals surface area (Å²) in [5.41, 5.74) is 0.799. The van der Waals surface area contributed by atoms with Gasteiger partial charge < -0.3 is 0 Å². The molecule has 0 aliphatic carbocycles. The van der Waals surface area contributed by atoms with Crippen molar-refractivity contribution in [2.75, 3.05) is 5.33 Å². The molecule has 0 radical (unpaired) electrons. The van der Waals surface area contributed by atoms with Crippen molar-refractivity contribution in [3.63, 3.8) is 0 Å². The van der Waals surface area contributed by atoms with Crippen LogP contribution in [0, 0.1) is 0 Å². The van der Waals surface area contributed by atoms with E-state index >= 15 is 0 Å². The molecule has 0 saturated carbocycles. The van der Waals surface area contributed by atoms with Gasteiger partial charge in [-0.2, -0.15) is 0 Å². The molecule has 96 valence electrons. The third-order valence-electron chi connectivity index (χ3n) is 3.95. The maximum Gasteiger partial charge on any atom is 0.173 e. The third-order valence-corrected chi connectivity index (χ3v) is 4.46. The van der Waals surface area contributed by atoms with Gasteiger partial charge in [-0.3, -0.25) is 4.79 Å². The fraction of sp³-hybridized carbons (Fsp3) is 0.0556. The molecule has 2 heteroatoms. The van der Waals surface area contributed by atoms with Gasteiger partial charge in [0.05, 0.1) is 5.33 Å². The van der Waals surface area contributed by atoms with E-state index in [1.165, 1.54) is 26.9 Å². The summed E-state index contributed by atoms with van der Waals surface area (Å²) in [6, 6.07) is 18.8. The van der Waals surface area contributed by atoms with Crippen molar-refractivity contribution in [2.45, 2.75) is 0 Å². The molecule has 0 saturated heterocycles. The molecule has 0 heterocycles. The molecule has 20 heavy (non-hydrogen) atoms. The van der Waals surface area contributed by atoms with Crippen molar-refractivity contribution in [3.05, 3.63) is 60.2 Å². The summed E-state index contributed by atoms with van der Waals surface area (Å²) in [7, 11) is 0. The molecule has 0 atom stereocenters. The predicted molar refractivity (Wildman–Crippen MR) is 88.3 cm³/mol. The largest absolute Gasteiger partial charge is 0.293 e. The number of hydrogen-bond acceptors (Lipinski definition) is 1. The van der Waals surface area contributed by atoms with Crippen molar-refractivity contribution in [3.8, 4) is 0 Å². The van der Waals surface area contributed by atoms with Crippen LogP contribution in [0.3, 0.4) is 0 Å². The second-order valence-electron chi connectivity index (χ2n) is 5.03. The zero-order valence-electron chi connectivity index (χ0n) is 10.7. The number of halogens is 1. The lowest BCUT2D eigenvalue weighted by molar-refractivity contribution is 0.102. The van der Waals surface area contributed by atoms with Crippen molar-refractivity contribution in [1.82, 2.24) is 0 Å². The van der Waals surface area contributed by atoms with Crippen molar-refractivity contribution in [2.24, 2.45) is 0 Å². The third kappa shape index (κ3) is 1.52. The molecule has 0 bridgehead atoms. The van der Waals surface area contributed by atoms with Gasteiger partial charge in [0.1, 0.15) is 0 Å². The molecule has 4 rings (SSSR count). The van der Waals surface area contributed by atoms with Gasteiger partial charge in [0.15, 0.2) is 5.78 Å². The number of Topliss-reactive ketones (excluding diaryl/α,β-unsaturated/α-hetero) is 1. The van der Waals surface area contributed by atoms with Crippen LogP contribution in [0.15, 0.2) is 54.6 Å². The highest BCUT2D eigenvalue weighted by molar-refractivity contribution is 9.09. The molecule has 0 fully saturated rings. The molecular formula is C18H11BrO. The van der Waals surface area contributed by atoms with E-state index in [-0.39, 0.29) is 5.78 Å². The van der Waals surface area contributed by atoms with Crippen LogP contribution in [0.1, 0.15) is 10.4 Å². The van der Waals surface area contributed by atoms with E-state index in [0.717, 1.165) is 10.9 Å². The first-order valence-electron chi connectivity index (χ1n) is 6.55. The van der Waals surface area contributed by atoms with Gasteiger partial charge in [0, 0.05) is 5.56 Å². The van der Waals surface area contributed by atoms with Crippen molar-refractivity contribution >= 4 is 54.0 Å². The lowest BCUT2D eigenvalue weighted by atomic mass is 9.91. The lowest BCUT2D eigenvalue weighted by Gasteiger charge is -2.12. The first-order valence-corrected chi connectivity index (χ1v) is 7.67. The number of hydrogen-bond donors (Lipinski definition) is 0. The summed E-state index contributed by atoms with van der Waals surface area (Å²) < 4.78 is 0. The number of carbonyl (C=O) groups is 1. The molecule has 4 aromatic carbocycles. The van der Waals surface area contributed by atoms with Gasteiger partial charge in [-0.1, -0.05) is 70.5 Å². The average molecular weight is 323 g/mol. The first kappa shape index (κ1) is 11.9. The van der Waals surface area contributed by atoms with Crippen LogP contribution in [0.2, 0.25) is 0 Å². The van der Waals surface area contributed by atoms with Gasteiger partial charge in [-0.15, -0.1) is 0 Å². The predicted octanol–water partition coefficient (Wildman–Crippen LogP) is 5.16. The Morgan fingerprint density at radius 3 is 2.10 bits per heavy atom. The van der Waals surface area contributed by atoms with Gasteiger partial charge in [-0.25, -0.2) is 0 Å². The first-order chi connectivity index (χ1) is 9.79. The summed E-state index contributed by atoms with van der Waals surface area (Å²) in [6.07, 6.45) is 0. The molecule has 1 nitrogen and oxygen atoms in total. The Balaban J connectivity index is 2.29. The minimum atomic E-state index is 0.128. The van der Waals surface area contributed by atoms with E-state index in [1.54, 1.807) is 0 Å². The van der Waals surface area contributed by atoms with E-state index < -0.39 is 0 Å². The number of rotatable bonds is 2. The molecule has 0 amide bonds. The number of benzene rings is 4. The summed E-state index contributed by atoms with van der Waals surface area (Å²) in [5, 5.41) is 7.51. The van der Waals surface area contributed by atoms with Crippen molar-refractivity contribution in [1.29, 1.82) is 0 Å². The average Bonchev–Trinajstić information content (AvgIpc) is 2.51. The van der Waals surface area contributed by atoms with E-state index in [9.17, 15) is 4.79 Å². The zero-order chi connectivity index (χ0) is 13.7. The minimum absolute atomic E-state index is 0.128. The maximum absolute atomic E-state index is 12.1. The van der Waals surface area contributed by atoms with Crippen LogP contribution in [0.5, 0.6) is 0 Å². The maximum atomic E-state index is 12.1. The van der Waals surface area contributed by atoms with Crippen LogP contribution in [-0.4, -0.2) is 11.1 Å². The van der Waals surface area contributed by atoms with Gasteiger partial charge in [-0.05, 0) is 32.3 Å². The van der Waals surface area contributed by atoms with Crippen LogP contribution >= 0.6 is 15.9 Å². The van der Waals surface area contributed by atoms with E-state index in [1.807, 2.05) is 12.1 Å². The highest BCUT2D eigenvalue weighted by Crippen LogP contribution is 2.35. The molecular weight excluding hydrogens is 312 g/mol. The van der Waals surface area contributed by atoms with E-state index in [0.29, 0.717) is 5.33 Å². The normalized spacial score (nSPS) is 11.7. The van der Waals surface area contributed by atoms with E-state index in [2.05, 4.69) is 58.4 Å². The summed E-state index contributed by atoms with van der Waals surface area (Å²) >= 11 is 3.27. The molecule has 0 unspecified atom stereocenters. The van der Waals surface area contributed by atoms with Crippen molar-refractivity contribution < 1.29 is 4.79 Å². The van der Waals surface area contributed by atoms with Gasteiger partial charge in [0.2, 0.25) is 0 Å². The Hall–Kier alpha value is -1.93. The fourth-order valence-electron chi connectivity index (χ4n) is 3.05. The molecule has 0 aliphatic rings. The summed E-state index contributed by atoms with van der Waals surface area (Å²) in [4.78, 5) is 12.1. The Labute approximate surface area is 124 Å². The molecule has 0 N–H and O–H groups in total. The van der Waals surface area contributed by atoms with Gasteiger partial charge >= 0.3 is 0 Å². The fourth-order valence-corrected chi connectivity index (χ4v) is 3.35. The number of ketones is 1. The van der Waals surface area contributed by atoms with Crippen LogP contribution in [0.25, 0.3) is 32.3 Å². The van der Waals surface area contributed by atoms with Crippen LogP contribution < -0.4 is 0 Å². The Morgan fingerprint density at radius 2 is 1.40 bits per heavy atom. The Morgan fingerprint density at radius 1 is 0.800 bits per heavy atom. The molecule has 0 aromatic heterocycles. The smallest absolute Gasteiger partial charge is 0.173 e. The van der Waals surface area contributed by atoms with Crippen LogP contribution in [-0.2, 0) is 0 Å². The lowest BCUT2D eigenvalue weighted by Crippen LogP contribution is -2.01. The summed E-state index contributed by atoms with van der Waals surface area (Å²) in [5.74, 6) is 0.128. The SMILES string of the molecule is O=C(CBr)c1ccc2ccc3cccc4ccc1c2c34. The second-order valence-corrected chi connectivity index (χ2v) is 5.59. The number of alkyl halides is 1.